The van der Waals surface area contributed by atoms with E-state index in [4.69, 9.17) is 4.74 Å². The molecule has 0 unspecified atom stereocenters. The molecule has 0 N–H and O–H groups in total. The van der Waals surface area contributed by atoms with Gasteiger partial charge in [-0.1, -0.05) is 42.1 Å². The zero-order valence-electron chi connectivity index (χ0n) is 17.2. The molecule has 0 aliphatic heterocycles. The molecule has 3 aromatic carbocycles. The van der Waals surface area contributed by atoms with E-state index in [2.05, 4.69) is 9.72 Å². The fraction of sp³-hybridized carbons (Fsp3) is 0.167. The van der Waals surface area contributed by atoms with Gasteiger partial charge in [0.05, 0.1) is 23.2 Å². The van der Waals surface area contributed by atoms with Crippen LogP contribution in [0.2, 0.25) is 0 Å². The first-order valence-corrected chi connectivity index (χ1v) is 10.9. The molecule has 0 bridgehead atoms. The first-order valence-electron chi connectivity index (χ1n) is 9.91. The molecule has 32 heavy (non-hydrogen) atoms. The van der Waals surface area contributed by atoms with E-state index in [-0.39, 0.29) is 11.3 Å². The minimum Gasteiger partial charge on any atom is -0.492 e. The normalized spacial score (nSPS) is 11.1. The van der Waals surface area contributed by atoms with Crippen molar-refractivity contribution < 1.29 is 18.3 Å². The van der Waals surface area contributed by atoms with Crippen LogP contribution in [0.4, 0.5) is 8.78 Å². The molecule has 164 valence electrons. The number of alkyl halides is 2. The number of halogens is 2. The zero-order chi connectivity index (χ0) is 22.5. The number of rotatable bonds is 8. The van der Waals surface area contributed by atoms with Gasteiger partial charge in [0, 0.05) is 5.75 Å². The van der Waals surface area contributed by atoms with Crippen LogP contribution in [0.15, 0.2) is 82.7 Å². The van der Waals surface area contributed by atoms with Crippen molar-refractivity contribution in [2.75, 3.05) is 12.4 Å². The molecule has 1 heterocycles. The Morgan fingerprint density at radius 1 is 1.00 bits per heavy atom. The maximum atomic E-state index is 13.2. The number of fused-ring (bicyclic) bond motifs is 1. The van der Waals surface area contributed by atoms with Crippen molar-refractivity contribution in [3.8, 4) is 17.2 Å². The minimum atomic E-state index is -2.91. The Morgan fingerprint density at radius 2 is 1.72 bits per heavy atom. The minimum absolute atomic E-state index is 0.0198. The van der Waals surface area contributed by atoms with Crippen molar-refractivity contribution >= 4 is 22.7 Å². The molecule has 0 aliphatic rings. The SMILES string of the molecule is Cc1ccccc1OCCSc1nc2ccccc2c(=O)n1-c1ccc(OC(F)F)cc1. The second kappa shape index (κ2) is 9.82. The Hall–Kier alpha value is -3.39. The molecule has 5 nitrogen and oxygen atoms in total. The number of aryl methyl sites for hydroxylation is 1. The van der Waals surface area contributed by atoms with E-state index < -0.39 is 6.61 Å². The molecule has 0 amide bonds. The van der Waals surface area contributed by atoms with Crippen molar-refractivity contribution in [2.45, 2.75) is 18.7 Å². The van der Waals surface area contributed by atoms with Crippen LogP contribution < -0.4 is 15.0 Å². The van der Waals surface area contributed by atoms with Gasteiger partial charge >= 0.3 is 6.61 Å². The topological polar surface area (TPSA) is 53.3 Å². The van der Waals surface area contributed by atoms with Crippen molar-refractivity contribution in [1.82, 2.24) is 9.55 Å². The summed E-state index contributed by atoms with van der Waals surface area (Å²) in [7, 11) is 0. The summed E-state index contributed by atoms with van der Waals surface area (Å²) < 4.78 is 36.7. The van der Waals surface area contributed by atoms with Crippen LogP contribution >= 0.6 is 11.8 Å². The van der Waals surface area contributed by atoms with Crippen molar-refractivity contribution in [1.29, 1.82) is 0 Å². The Bertz CT molecular complexity index is 1280. The average Bonchev–Trinajstić information content (AvgIpc) is 2.78. The first kappa shape index (κ1) is 21.8. The molecule has 1 aromatic heterocycles. The molecular formula is C24H20F2N2O3S. The molecule has 0 fully saturated rings. The van der Waals surface area contributed by atoms with Gasteiger partial charge in [-0.2, -0.15) is 8.78 Å². The summed E-state index contributed by atoms with van der Waals surface area (Å²) in [5.74, 6) is 1.39. The van der Waals surface area contributed by atoms with Gasteiger partial charge in [-0.15, -0.1) is 0 Å². The lowest BCUT2D eigenvalue weighted by molar-refractivity contribution is -0.0498. The molecule has 0 saturated heterocycles. The summed E-state index contributed by atoms with van der Waals surface area (Å²) >= 11 is 1.39. The maximum absolute atomic E-state index is 13.2. The highest BCUT2D eigenvalue weighted by Gasteiger charge is 2.14. The predicted octanol–water partition coefficient (Wildman–Crippen LogP) is 5.47. The lowest BCUT2D eigenvalue weighted by atomic mass is 10.2. The van der Waals surface area contributed by atoms with Crippen molar-refractivity contribution in [3.05, 3.63) is 88.7 Å². The molecule has 4 aromatic rings. The average molecular weight is 454 g/mol. The Kier molecular flexibility index (Phi) is 6.70. The van der Waals surface area contributed by atoms with Crippen LogP contribution in [0.5, 0.6) is 11.5 Å². The van der Waals surface area contributed by atoms with Crippen LogP contribution in [-0.2, 0) is 0 Å². The van der Waals surface area contributed by atoms with Crippen LogP contribution in [0.3, 0.4) is 0 Å². The van der Waals surface area contributed by atoms with E-state index in [0.29, 0.717) is 34.1 Å². The zero-order valence-corrected chi connectivity index (χ0v) is 18.0. The number of para-hydroxylation sites is 2. The highest BCUT2D eigenvalue weighted by atomic mass is 32.2. The second-order valence-electron chi connectivity index (χ2n) is 6.89. The van der Waals surface area contributed by atoms with Crippen LogP contribution in [0.1, 0.15) is 5.56 Å². The number of benzene rings is 3. The maximum Gasteiger partial charge on any atom is 0.387 e. The Morgan fingerprint density at radius 3 is 2.47 bits per heavy atom. The van der Waals surface area contributed by atoms with Gasteiger partial charge < -0.3 is 9.47 Å². The Balaban J connectivity index is 1.62. The van der Waals surface area contributed by atoms with Crippen molar-refractivity contribution in [3.63, 3.8) is 0 Å². The number of thioether (sulfide) groups is 1. The molecule has 0 atom stereocenters. The van der Waals surface area contributed by atoms with Gasteiger partial charge in [0.2, 0.25) is 0 Å². The Labute approximate surface area is 187 Å². The summed E-state index contributed by atoms with van der Waals surface area (Å²) in [4.78, 5) is 17.9. The lowest BCUT2D eigenvalue weighted by Crippen LogP contribution is -2.22. The third-order valence-corrected chi connectivity index (χ3v) is 5.63. The van der Waals surface area contributed by atoms with Crippen LogP contribution in [0, 0.1) is 6.92 Å². The molecule has 4 rings (SSSR count). The lowest BCUT2D eigenvalue weighted by Gasteiger charge is -2.14. The van der Waals surface area contributed by atoms with Crippen LogP contribution in [0.25, 0.3) is 16.6 Å². The fourth-order valence-electron chi connectivity index (χ4n) is 3.22. The fourth-order valence-corrected chi connectivity index (χ4v) is 4.05. The summed E-state index contributed by atoms with van der Waals surface area (Å²) in [6, 6.07) is 20.8. The number of nitrogens with zero attached hydrogens (tertiary/aromatic N) is 2. The monoisotopic (exact) mass is 454 g/mol. The van der Waals surface area contributed by atoms with Crippen molar-refractivity contribution in [2.24, 2.45) is 0 Å². The smallest absolute Gasteiger partial charge is 0.387 e. The molecule has 0 radical (unpaired) electrons. The summed E-state index contributed by atoms with van der Waals surface area (Å²) in [6.07, 6.45) is 0. The summed E-state index contributed by atoms with van der Waals surface area (Å²) in [6.45, 7) is -0.503. The largest absolute Gasteiger partial charge is 0.492 e. The van der Waals surface area contributed by atoms with E-state index >= 15 is 0 Å². The van der Waals surface area contributed by atoms with E-state index in [1.54, 1.807) is 30.3 Å². The van der Waals surface area contributed by atoms with Crippen LogP contribution in [-0.4, -0.2) is 28.5 Å². The van der Waals surface area contributed by atoms with E-state index in [1.165, 1.54) is 28.5 Å². The van der Waals surface area contributed by atoms with Gasteiger partial charge in [-0.05, 0) is 55.0 Å². The van der Waals surface area contributed by atoms with E-state index in [1.807, 2.05) is 37.3 Å². The predicted molar refractivity (Wildman–Crippen MR) is 121 cm³/mol. The van der Waals surface area contributed by atoms with Gasteiger partial charge in [0.15, 0.2) is 5.16 Å². The third-order valence-electron chi connectivity index (χ3n) is 4.73. The van der Waals surface area contributed by atoms with E-state index in [0.717, 1.165) is 11.3 Å². The number of hydrogen-bond acceptors (Lipinski definition) is 5. The molecular weight excluding hydrogens is 434 g/mol. The highest BCUT2D eigenvalue weighted by Crippen LogP contribution is 2.24. The van der Waals surface area contributed by atoms with Gasteiger partial charge in [0.25, 0.3) is 5.56 Å². The molecule has 8 heteroatoms. The van der Waals surface area contributed by atoms with Gasteiger partial charge in [-0.3, -0.25) is 9.36 Å². The van der Waals surface area contributed by atoms with Gasteiger partial charge in [-0.25, -0.2) is 4.98 Å². The molecule has 0 saturated carbocycles. The molecule has 0 aliphatic carbocycles. The van der Waals surface area contributed by atoms with Gasteiger partial charge in [0.1, 0.15) is 11.5 Å². The standard InChI is InChI=1S/C24H20F2N2O3S/c1-16-6-2-5-9-21(16)30-14-15-32-24-27-20-8-4-3-7-19(20)22(29)28(24)17-10-12-18(13-11-17)31-23(25)26/h2-13,23H,14-15H2,1H3. The number of ether oxygens (including phenoxy) is 2. The molecule has 0 spiro atoms. The second-order valence-corrected chi connectivity index (χ2v) is 7.95. The summed E-state index contributed by atoms with van der Waals surface area (Å²) in [5, 5.41) is 0.963. The first-order chi connectivity index (χ1) is 15.5. The number of hydrogen-bond donors (Lipinski definition) is 0. The van der Waals surface area contributed by atoms with E-state index in [9.17, 15) is 13.6 Å². The highest BCUT2D eigenvalue weighted by molar-refractivity contribution is 7.99. The third kappa shape index (κ3) is 4.91. The quantitative estimate of drug-likeness (QED) is 0.201. The summed E-state index contributed by atoms with van der Waals surface area (Å²) in [5.41, 5.74) is 1.91. The number of aromatic nitrogens is 2.